The lowest BCUT2D eigenvalue weighted by Gasteiger charge is -2.22. The van der Waals surface area contributed by atoms with Crippen molar-refractivity contribution < 1.29 is 4.79 Å². The third kappa shape index (κ3) is 2.84. The molecule has 1 aliphatic rings. The van der Waals surface area contributed by atoms with E-state index in [1.807, 2.05) is 30.5 Å². The molecule has 0 bridgehead atoms. The fourth-order valence-corrected chi connectivity index (χ4v) is 3.76. The van der Waals surface area contributed by atoms with E-state index < -0.39 is 0 Å². The number of nitrogens with one attached hydrogen (secondary N) is 1. The molecule has 0 saturated heterocycles. The highest BCUT2D eigenvalue weighted by atomic mass is 79.9. The van der Waals surface area contributed by atoms with E-state index in [1.54, 1.807) is 0 Å². The Morgan fingerprint density at radius 2 is 2.05 bits per heavy atom. The van der Waals surface area contributed by atoms with Gasteiger partial charge in [-0.2, -0.15) is 0 Å². The van der Waals surface area contributed by atoms with Crippen LogP contribution in [0.15, 0.2) is 16.7 Å². The molecule has 2 heterocycles. The summed E-state index contributed by atoms with van der Waals surface area (Å²) in [7, 11) is 0. The molecule has 0 aromatic carbocycles. The van der Waals surface area contributed by atoms with Gasteiger partial charge in [0.25, 0.3) is 5.91 Å². The molecule has 0 aliphatic heterocycles. The van der Waals surface area contributed by atoms with Crippen LogP contribution in [-0.4, -0.2) is 21.3 Å². The van der Waals surface area contributed by atoms with Gasteiger partial charge >= 0.3 is 0 Å². The molecule has 5 heteroatoms. The number of hydrogen-bond donors (Lipinski definition) is 1. The molecule has 0 unspecified atom stereocenters. The Kier molecular flexibility index (Phi) is 4.02. The van der Waals surface area contributed by atoms with Crippen LogP contribution in [0.25, 0.3) is 5.65 Å². The van der Waals surface area contributed by atoms with Crippen LogP contribution >= 0.6 is 15.9 Å². The van der Waals surface area contributed by atoms with E-state index >= 15 is 0 Å². The van der Waals surface area contributed by atoms with Gasteiger partial charge in [-0.25, -0.2) is 4.98 Å². The first-order chi connectivity index (χ1) is 10.1. The van der Waals surface area contributed by atoms with Gasteiger partial charge in [0.05, 0.1) is 10.2 Å². The minimum absolute atomic E-state index is 0.00981. The molecule has 4 nitrogen and oxygen atoms in total. The minimum atomic E-state index is -0.00981. The van der Waals surface area contributed by atoms with Crippen LogP contribution in [0.5, 0.6) is 0 Å². The first kappa shape index (κ1) is 14.6. The molecule has 112 valence electrons. The molecule has 0 spiro atoms. The number of imidazole rings is 1. The van der Waals surface area contributed by atoms with Gasteiger partial charge in [-0.1, -0.05) is 19.3 Å². The highest BCUT2D eigenvalue weighted by Crippen LogP contribution is 2.23. The maximum atomic E-state index is 12.6. The summed E-state index contributed by atoms with van der Waals surface area (Å²) in [6.07, 6.45) is 7.85. The van der Waals surface area contributed by atoms with E-state index in [1.165, 1.54) is 19.3 Å². The summed E-state index contributed by atoms with van der Waals surface area (Å²) >= 11 is 3.53. The fourth-order valence-electron chi connectivity index (χ4n) is 3.12. The summed E-state index contributed by atoms with van der Waals surface area (Å²) in [5, 5.41) is 3.18. The zero-order valence-electron chi connectivity index (χ0n) is 12.4. The van der Waals surface area contributed by atoms with Crippen LogP contribution in [-0.2, 0) is 0 Å². The molecular weight excluding hydrogens is 330 g/mol. The number of amides is 1. The monoisotopic (exact) mass is 349 g/mol. The Morgan fingerprint density at radius 1 is 1.33 bits per heavy atom. The highest BCUT2D eigenvalue weighted by molar-refractivity contribution is 9.10. The maximum absolute atomic E-state index is 12.6. The van der Waals surface area contributed by atoms with Crippen molar-refractivity contribution in [3.05, 3.63) is 33.7 Å². The number of carbonyl (C=O) groups is 1. The third-order valence-electron chi connectivity index (χ3n) is 4.14. The number of pyridine rings is 1. The average molecular weight is 350 g/mol. The van der Waals surface area contributed by atoms with E-state index in [4.69, 9.17) is 0 Å². The predicted molar refractivity (Wildman–Crippen MR) is 86.7 cm³/mol. The SMILES string of the molecule is Cc1cc(Br)c2nc(C)c(C(=O)NC3CCCCC3)n2c1. The largest absolute Gasteiger partial charge is 0.348 e. The number of halogens is 1. The quantitative estimate of drug-likeness (QED) is 0.896. The zero-order valence-corrected chi connectivity index (χ0v) is 14.0. The zero-order chi connectivity index (χ0) is 15.0. The van der Waals surface area contributed by atoms with Crippen LogP contribution in [0.3, 0.4) is 0 Å². The molecule has 1 N–H and O–H groups in total. The van der Waals surface area contributed by atoms with Gasteiger partial charge in [0.2, 0.25) is 0 Å². The summed E-state index contributed by atoms with van der Waals surface area (Å²) in [5.41, 5.74) is 3.32. The second kappa shape index (κ2) is 5.79. The fraction of sp³-hybridized carbons (Fsp3) is 0.500. The number of fused-ring (bicyclic) bond motifs is 1. The topological polar surface area (TPSA) is 46.4 Å². The maximum Gasteiger partial charge on any atom is 0.270 e. The van der Waals surface area contributed by atoms with Crippen molar-refractivity contribution in [1.29, 1.82) is 0 Å². The average Bonchev–Trinajstić information content (AvgIpc) is 2.76. The second-order valence-electron chi connectivity index (χ2n) is 5.91. The number of nitrogens with zero attached hydrogens (tertiary/aromatic N) is 2. The standard InChI is InChI=1S/C16H20BrN3O/c1-10-8-13(17)15-18-11(2)14(20(15)9-10)16(21)19-12-6-4-3-5-7-12/h8-9,12H,3-7H2,1-2H3,(H,19,21). The molecule has 1 amide bonds. The molecule has 21 heavy (non-hydrogen) atoms. The van der Waals surface area contributed by atoms with Crippen LogP contribution in [0, 0.1) is 13.8 Å². The number of carbonyl (C=O) groups excluding carboxylic acids is 1. The van der Waals surface area contributed by atoms with Gasteiger partial charge in [0.1, 0.15) is 5.69 Å². The molecule has 1 fully saturated rings. The van der Waals surface area contributed by atoms with Gasteiger partial charge in [-0.05, 0) is 54.2 Å². The Bertz CT molecular complexity index is 686. The van der Waals surface area contributed by atoms with Crippen molar-refractivity contribution >= 4 is 27.5 Å². The number of aromatic nitrogens is 2. The van der Waals surface area contributed by atoms with Crippen LogP contribution in [0.4, 0.5) is 0 Å². The van der Waals surface area contributed by atoms with E-state index in [-0.39, 0.29) is 5.91 Å². The molecule has 1 aliphatic carbocycles. The van der Waals surface area contributed by atoms with Gasteiger partial charge in [0, 0.05) is 12.2 Å². The van der Waals surface area contributed by atoms with Crippen molar-refractivity contribution in [2.45, 2.75) is 52.0 Å². The van der Waals surface area contributed by atoms with Gasteiger partial charge in [-0.3, -0.25) is 9.20 Å². The lowest BCUT2D eigenvalue weighted by Crippen LogP contribution is -2.37. The van der Waals surface area contributed by atoms with Crippen LogP contribution < -0.4 is 5.32 Å². The first-order valence-corrected chi connectivity index (χ1v) is 8.31. The van der Waals surface area contributed by atoms with Gasteiger partial charge in [-0.15, -0.1) is 0 Å². The summed E-state index contributed by atoms with van der Waals surface area (Å²) in [4.78, 5) is 17.2. The minimum Gasteiger partial charge on any atom is -0.348 e. The smallest absolute Gasteiger partial charge is 0.270 e. The van der Waals surface area contributed by atoms with Crippen molar-refractivity contribution in [1.82, 2.24) is 14.7 Å². The van der Waals surface area contributed by atoms with E-state index in [0.29, 0.717) is 11.7 Å². The second-order valence-corrected chi connectivity index (χ2v) is 6.77. The molecule has 3 rings (SSSR count). The summed E-state index contributed by atoms with van der Waals surface area (Å²) in [5.74, 6) is -0.00981. The lowest BCUT2D eigenvalue weighted by molar-refractivity contribution is 0.0921. The van der Waals surface area contributed by atoms with Gasteiger partial charge in [0.15, 0.2) is 5.65 Å². The summed E-state index contributed by atoms with van der Waals surface area (Å²) in [6.45, 7) is 3.91. The van der Waals surface area contributed by atoms with E-state index in [9.17, 15) is 4.79 Å². The van der Waals surface area contributed by atoms with E-state index in [2.05, 4.69) is 26.2 Å². The number of rotatable bonds is 2. The molecule has 1 saturated carbocycles. The van der Waals surface area contributed by atoms with E-state index in [0.717, 1.165) is 34.2 Å². The van der Waals surface area contributed by atoms with Crippen molar-refractivity contribution in [3.8, 4) is 0 Å². The third-order valence-corrected chi connectivity index (χ3v) is 4.73. The summed E-state index contributed by atoms with van der Waals surface area (Å²) < 4.78 is 2.81. The van der Waals surface area contributed by atoms with Crippen molar-refractivity contribution in [3.63, 3.8) is 0 Å². The molecule has 0 radical (unpaired) electrons. The van der Waals surface area contributed by atoms with Crippen molar-refractivity contribution in [2.24, 2.45) is 0 Å². The molecule has 0 atom stereocenters. The Balaban J connectivity index is 1.95. The summed E-state index contributed by atoms with van der Waals surface area (Å²) in [6, 6.07) is 2.33. The first-order valence-electron chi connectivity index (χ1n) is 7.52. The molecule has 2 aromatic rings. The van der Waals surface area contributed by atoms with Crippen LogP contribution in [0.2, 0.25) is 0 Å². The van der Waals surface area contributed by atoms with Crippen molar-refractivity contribution in [2.75, 3.05) is 0 Å². The van der Waals surface area contributed by atoms with Crippen LogP contribution in [0.1, 0.15) is 53.8 Å². The number of aryl methyl sites for hydroxylation is 2. The molecule has 2 aromatic heterocycles. The number of hydrogen-bond acceptors (Lipinski definition) is 2. The Morgan fingerprint density at radius 3 is 2.76 bits per heavy atom. The van der Waals surface area contributed by atoms with Gasteiger partial charge < -0.3 is 5.32 Å². The lowest BCUT2D eigenvalue weighted by atomic mass is 9.95. The predicted octanol–water partition coefficient (Wildman–Crippen LogP) is 3.78. The molecular formula is C16H20BrN3O. The highest BCUT2D eigenvalue weighted by Gasteiger charge is 2.22. The normalized spacial score (nSPS) is 16.3. The Hall–Kier alpha value is -1.36. The Labute approximate surface area is 133 Å².